The Morgan fingerprint density at radius 2 is 1.89 bits per heavy atom. The van der Waals surface area contributed by atoms with Gasteiger partial charge in [-0.05, 0) is 61.1 Å². The summed E-state index contributed by atoms with van der Waals surface area (Å²) in [5.41, 5.74) is 4.09. The molecule has 182 valence electrons. The van der Waals surface area contributed by atoms with Crippen molar-refractivity contribution in [2.45, 2.75) is 32.2 Å². The van der Waals surface area contributed by atoms with Crippen molar-refractivity contribution < 1.29 is 18.7 Å². The summed E-state index contributed by atoms with van der Waals surface area (Å²) in [4.78, 5) is 31.0. The lowest BCUT2D eigenvalue weighted by Gasteiger charge is -2.12. The molecule has 0 spiro atoms. The zero-order chi connectivity index (χ0) is 24.9. The molecule has 2 aromatic heterocycles. The Bertz CT molecular complexity index is 1420. The molecule has 5 rings (SSSR count). The lowest BCUT2D eigenvalue weighted by molar-refractivity contribution is 0.0600. The van der Waals surface area contributed by atoms with Crippen molar-refractivity contribution in [2.75, 3.05) is 7.11 Å². The van der Waals surface area contributed by atoms with Crippen LogP contribution in [0.5, 0.6) is 0 Å². The number of furan rings is 1. The van der Waals surface area contributed by atoms with Crippen molar-refractivity contribution in [1.82, 2.24) is 5.32 Å². The summed E-state index contributed by atoms with van der Waals surface area (Å²) in [6.07, 6.45) is 5.75. The third-order valence-electron chi connectivity index (χ3n) is 6.18. The van der Waals surface area contributed by atoms with Crippen LogP contribution in [0.1, 0.15) is 55.3 Å². The molecule has 1 aliphatic carbocycles. The third kappa shape index (κ3) is 5.16. The van der Waals surface area contributed by atoms with Crippen LogP contribution in [0.25, 0.3) is 11.3 Å². The van der Waals surface area contributed by atoms with Gasteiger partial charge in [-0.1, -0.05) is 42.5 Å². The van der Waals surface area contributed by atoms with Crippen LogP contribution >= 0.6 is 11.3 Å². The Morgan fingerprint density at radius 1 is 1.06 bits per heavy atom. The Balaban J connectivity index is 1.38. The van der Waals surface area contributed by atoms with Crippen LogP contribution in [0, 0.1) is 0 Å². The molecular weight excluding hydrogens is 472 g/mol. The van der Waals surface area contributed by atoms with E-state index in [1.54, 1.807) is 35.8 Å². The van der Waals surface area contributed by atoms with E-state index < -0.39 is 5.97 Å². The van der Waals surface area contributed by atoms with Crippen molar-refractivity contribution in [2.24, 2.45) is 4.99 Å². The predicted octanol–water partition coefficient (Wildman–Crippen LogP) is 6.35. The second-order valence-electron chi connectivity index (χ2n) is 8.59. The maximum Gasteiger partial charge on any atom is 0.337 e. The van der Waals surface area contributed by atoms with Crippen molar-refractivity contribution in [3.63, 3.8) is 0 Å². The fraction of sp³-hybridized carbons (Fsp3) is 0.207. The number of rotatable bonds is 7. The topological polar surface area (TPSA) is 80.9 Å². The number of amides is 1. The van der Waals surface area contributed by atoms with Gasteiger partial charge < -0.3 is 14.5 Å². The lowest BCUT2D eigenvalue weighted by atomic mass is 9.95. The van der Waals surface area contributed by atoms with Crippen molar-refractivity contribution in [3.05, 3.63) is 99.6 Å². The molecule has 2 heterocycles. The zero-order valence-electron chi connectivity index (χ0n) is 20.0. The molecule has 0 fully saturated rings. The average molecular weight is 499 g/mol. The first-order valence-corrected chi connectivity index (χ1v) is 12.7. The highest BCUT2D eigenvalue weighted by Crippen LogP contribution is 2.40. The van der Waals surface area contributed by atoms with E-state index in [2.05, 4.69) is 10.3 Å². The Hall–Kier alpha value is -3.97. The number of hydrogen-bond acceptors (Lipinski definition) is 6. The van der Waals surface area contributed by atoms with Crippen molar-refractivity contribution >= 4 is 34.4 Å². The molecule has 1 amide bonds. The van der Waals surface area contributed by atoms with Crippen LogP contribution in [0.4, 0.5) is 5.00 Å². The molecule has 0 aliphatic heterocycles. The van der Waals surface area contributed by atoms with E-state index in [4.69, 9.17) is 9.15 Å². The summed E-state index contributed by atoms with van der Waals surface area (Å²) in [7, 11) is 1.36. The third-order valence-corrected chi connectivity index (χ3v) is 7.38. The van der Waals surface area contributed by atoms with Gasteiger partial charge in [-0.2, -0.15) is 0 Å². The summed E-state index contributed by atoms with van der Waals surface area (Å²) < 4.78 is 10.8. The zero-order valence-corrected chi connectivity index (χ0v) is 20.8. The van der Waals surface area contributed by atoms with Crippen LogP contribution in [0.15, 0.2) is 76.1 Å². The highest BCUT2D eigenvalue weighted by molar-refractivity contribution is 7.16. The minimum atomic E-state index is -0.398. The average Bonchev–Trinajstić information content (AvgIpc) is 3.55. The molecule has 0 bridgehead atoms. The van der Waals surface area contributed by atoms with E-state index in [0.29, 0.717) is 34.2 Å². The van der Waals surface area contributed by atoms with Gasteiger partial charge in [0.25, 0.3) is 5.91 Å². The molecule has 6 nitrogen and oxygen atoms in total. The first-order valence-electron chi connectivity index (χ1n) is 11.9. The normalized spacial score (nSPS) is 12.9. The van der Waals surface area contributed by atoms with E-state index in [9.17, 15) is 9.59 Å². The molecule has 0 atom stereocenters. The molecule has 0 saturated carbocycles. The molecule has 36 heavy (non-hydrogen) atoms. The van der Waals surface area contributed by atoms with Crippen LogP contribution < -0.4 is 5.32 Å². The van der Waals surface area contributed by atoms with Gasteiger partial charge in [-0.25, -0.2) is 9.79 Å². The molecule has 4 aromatic rings. The molecule has 7 heteroatoms. The molecule has 1 N–H and O–H groups in total. The van der Waals surface area contributed by atoms with E-state index >= 15 is 0 Å². The first-order chi connectivity index (χ1) is 17.6. The second kappa shape index (κ2) is 10.7. The van der Waals surface area contributed by atoms with Gasteiger partial charge in [0.1, 0.15) is 16.5 Å². The van der Waals surface area contributed by atoms with Crippen molar-refractivity contribution in [1.29, 1.82) is 0 Å². The fourth-order valence-corrected chi connectivity index (χ4v) is 5.59. The molecule has 1 aliphatic rings. The minimum absolute atomic E-state index is 0.0924. The maximum absolute atomic E-state index is 13.2. The smallest absolute Gasteiger partial charge is 0.337 e. The van der Waals surface area contributed by atoms with E-state index in [0.717, 1.165) is 42.4 Å². The highest BCUT2D eigenvalue weighted by Gasteiger charge is 2.25. The van der Waals surface area contributed by atoms with Gasteiger partial charge in [0.05, 0.1) is 24.5 Å². The van der Waals surface area contributed by atoms with Crippen LogP contribution in [0.3, 0.4) is 0 Å². The summed E-state index contributed by atoms with van der Waals surface area (Å²) >= 11 is 1.59. The number of benzene rings is 2. The SMILES string of the molecule is COC(=O)c1cccc(-c2ccc(/C=N\c3sc4c(c3C(=O)NCc3ccccc3)CCCC4)o2)c1. The van der Waals surface area contributed by atoms with Gasteiger partial charge >= 0.3 is 5.97 Å². The van der Waals surface area contributed by atoms with E-state index in [1.807, 2.05) is 48.5 Å². The fourth-order valence-electron chi connectivity index (χ4n) is 4.36. The molecular formula is C29H26N2O4S. The molecule has 2 aromatic carbocycles. The van der Waals surface area contributed by atoms with Gasteiger partial charge in [0, 0.05) is 17.0 Å². The Kier molecular flexibility index (Phi) is 7.09. The van der Waals surface area contributed by atoms with Gasteiger partial charge in [0.15, 0.2) is 0 Å². The predicted molar refractivity (Wildman–Crippen MR) is 141 cm³/mol. The largest absolute Gasteiger partial charge is 0.465 e. The van der Waals surface area contributed by atoms with E-state index in [-0.39, 0.29) is 5.91 Å². The first kappa shape index (κ1) is 23.8. The number of nitrogens with one attached hydrogen (secondary N) is 1. The Morgan fingerprint density at radius 3 is 2.72 bits per heavy atom. The second-order valence-corrected chi connectivity index (χ2v) is 9.68. The lowest BCUT2D eigenvalue weighted by Crippen LogP contribution is -2.24. The maximum atomic E-state index is 13.2. The minimum Gasteiger partial charge on any atom is -0.465 e. The molecule has 0 radical (unpaired) electrons. The summed E-state index contributed by atoms with van der Waals surface area (Å²) in [5, 5.41) is 3.77. The number of carbonyl (C=O) groups excluding carboxylic acids is 2. The van der Waals surface area contributed by atoms with Crippen LogP contribution in [-0.2, 0) is 24.1 Å². The van der Waals surface area contributed by atoms with Gasteiger partial charge in [0.2, 0.25) is 0 Å². The standard InChI is InChI=1S/C29H26N2O4S/c1-34-29(33)21-11-7-10-20(16-21)24-15-14-22(35-24)18-31-28-26(23-12-5-6-13-25(23)36-28)27(32)30-17-19-8-3-2-4-9-19/h2-4,7-11,14-16,18H,5-6,12-13,17H2,1H3,(H,30,32)/b31-18-. The number of aryl methyl sites for hydroxylation is 1. The number of esters is 1. The number of fused-ring (bicyclic) bond motifs is 1. The summed E-state index contributed by atoms with van der Waals surface area (Å²) in [6.45, 7) is 0.472. The van der Waals surface area contributed by atoms with Crippen molar-refractivity contribution in [3.8, 4) is 11.3 Å². The summed E-state index contributed by atoms with van der Waals surface area (Å²) in [5.74, 6) is 0.694. The van der Waals surface area contributed by atoms with E-state index in [1.165, 1.54) is 12.0 Å². The van der Waals surface area contributed by atoms with Crippen LogP contribution in [-0.4, -0.2) is 25.2 Å². The number of aliphatic imine (C=N–C) groups is 1. The Labute approximate surface area is 213 Å². The molecule has 0 unspecified atom stereocenters. The number of carbonyl (C=O) groups is 2. The number of thiophene rings is 1. The van der Waals surface area contributed by atoms with Gasteiger partial charge in [-0.15, -0.1) is 11.3 Å². The number of nitrogens with zero attached hydrogens (tertiary/aromatic N) is 1. The molecule has 0 saturated heterocycles. The number of hydrogen-bond donors (Lipinski definition) is 1. The number of methoxy groups -OCH3 is 1. The number of ether oxygens (including phenoxy) is 1. The van der Waals surface area contributed by atoms with Gasteiger partial charge in [-0.3, -0.25) is 4.79 Å². The monoisotopic (exact) mass is 498 g/mol. The highest BCUT2D eigenvalue weighted by atomic mass is 32.1. The van der Waals surface area contributed by atoms with Crippen LogP contribution in [0.2, 0.25) is 0 Å². The quantitative estimate of drug-likeness (QED) is 0.238. The summed E-state index contributed by atoms with van der Waals surface area (Å²) in [6, 6.07) is 20.6.